The van der Waals surface area contributed by atoms with Crippen molar-refractivity contribution < 1.29 is 259 Å². The Balaban J connectivity index is -0.00000180. The first-order chi connectivity index (χ1) is 26.6. The maximum atomic E-state index is 13.6. The molecule has 62 heavy (non-hydrogen) atoms. The van der Waals surface area contributed by atoms with Crippen molar-refractivity contribution in [3.63, 3.8) is 0 Å². The molecule has 2 heterocycles. The number of esters is 2. The van der Waals surface area contributed by atoms with Crippen molar-refractivity contribution in [1.29, 1.82) is 0 Å². The molecule has 2 N–H and O–H groups in total. The van der Waals surface area contributed by atoms with Crippen LogP contribution in [0.15, 0.2) is 0 Å². The summed E-state index contributed by atoms with van der Waals surface area (Å²) in [6.45, 7) is 18.2. The van der Waals surface area contributed by atoms with Crippen molar-refractivity contribution in [3.8, 4) is 0 Å². The maximum Gasteiger partial charge on any atom is 0.305 e. The Bertz CT molecular complexity index is 1280. The summed E-state index contributed by atoms with van der Waals surface area (Å²) in [5, 5.41) is 20.3. The van der Waals surface area contributed by atoms with E-state index in [0.717, 1.165) is 0 Å². The number of hydrogen-bond acceptors (Lipinski definition) is 13. The normalized spacial score (nSPS) is 24.7. The Hall–Kier alpha value is 4.04. The van der Waals surface area contributed by atoms with Crippen LogP contribution >= 0.6 is 0 Å². The van der Waals surface area contributed by atoms with Crippen LogP contribution in [0.4, 0.5) is 0 Å². The standard InChI is InChI=1S/C43H69O13.6Y/c1-9-30(44)18-32(46)17-29-24-52-40(27(8)38(29)22-34(48)19-31(45)10-2)25-53-43-39(23-35(49)21-37(12-4)56-42(51)14-6)28(15-26(7)54-43)16-33(47)20-36(11-3)55-41(50)13-5;;;;;;/h15,24,26-31,36-40,43-45H,7,9-14,16-23,25H2,1-6,8H3;;;;;;/q-3;;;;;;. The molecule has 12 unspecified atom stereocenters. The molecule has 0 spiro atoms. The predicted octanol–water partition coefficient (Wildman–Crippen LogP) is 5.82. The number of rotatable bonds is 27. The van der Waals surface area contributed by atoms with Crippen molar-refractivity contribution >= 4 is 35.1 Å². The van der Waals surface area contributed by atoms with E-state index < -0.39 is 66.6 Å². The van der Waals surface area contributed by atoms with Crippen LogP contribution in [0.2, 0.25) is 0 Å². The van der Waals surface area contributed by atoms with Crippen molar-refractivity contribution in [3.05, 3.63) is 20.0 Å². The maximum absolute atomic E-state index is 13.6. The Labute approximate surface area is 522 Å². The third-order valence-electron chi connectivity index (χ3n) is 11.1. The summed E-state index contributed by atoms with van der Waals surface area (Å²) in [5.74, 6) is -3.49. The van der Waals surface area contributed by atoms with Gasteiger partial charge in [0.1, 0.15) is 35.3 Å². The number of hydrogen-bond donors (Lipinski definition) is 2. The number of carbonyl (C=O) groups excluding carboxylic acids is 6. The molecule has 0 aliphatic carbocycles. The molecule has 0 aromatic carbocycles. The second kappa shape index (κ2) is 41.6. The van der Waals surface area contributed by atoms with Crippen LogP contribution in [0, 0.1) is 49.5 Å². The number of ether oxygens (including phenoxy) is 5. The smallest absolute Gasteiger partial charge is 0.305 e. The molecule has 2 aliphatic rings. The van der Waals surface area contributed by atoms with Crippen LogP contribution in [-0.2, 0) is 249 Å². The minimum Gasteiger partial charge on any atom is -0.548 e. The molecule has 0 aromatic rings. The van der Waals surface area contributed by atoms with Crippen molar-refractivity contribution in [2.75, 3.05) is 6.61 Å². The van der Waals surface area contributed by atoms with Crippen LogP contribution in [0.25, 0.3) is 0 Å². The monoisotopic (exact) mass is 1330 g/mol. The first kappa shape index (κ1) is 75.0. The van der Waals surface area contributed by atoms with Gasteiger partial charge in [0.05, 0.1) is 24.9 Å². The van der Waals surface area contributed by atoms with E-state index >= 15 is 0 Å². The van der Waals surface area contributed by atoms with Gasteiger partial charge >= 0.3 is 11.9 Å². The predicted molar refractivity (Wildman–Crippen MR) is 207 cm³/mol. The Kier molecular flexibility index (Phi) is 50.4. The van der Waals surface area contributed by atoms with Gasteiger partial charge in [-0.1, -0.05) is 54.4 Å². The number of aliphatic hydroxyl groups is 2. The summed E-state index contributed by atoms with van der Waals surface area (Å²) in [6.07, 6.45) is -0.725. The summed E-state index contributed by atoms with van der Waals surface area (Å²) in [5.41, 5.74) is 0. The molecule has 0 bridgehead atoms. The summed E-state index contributed by atoms with van der Waals surface area (Å²) in [4.78, 5) is 77.1. The van der Waals surface area contributed by atoms with E-state index in [0.29, 0.717) is 25.7 Å². The van der Waals surface area contributed by atoms with E-state index in [-0.39, 0.29) is 308 Å². The third kappa shape index (κ3) is 28.8. The molecule has 13 nitrogen and oxygen atoms in total. The fraction of sp³-hybridized carbons (Fsp3) is 0.791. The number of aliphatic hydroxyl groups excluding tert-OH is 2. The van der Waals surface area contributed by atoms with Gasteiger partial charge in [-0.05, 0) is 50.4 Å². The molecule has 6 radical (unpaired) electrons. The molecule has 2 aliphatic heterocycles. The largest absolute Gasteiger partial charge is 0.548 e. The van der Waals surface area contributed by atoms with E-state index in [2.05, 4.69) is 6.92 Å². The fourth-order valence-corrected chi connectivity index (χ4v) is 7.36. The van der Waals surface area contributed by atoms with Gasteiger partial charge in [0.25, 0.3) is 0 Å². The molecular weight excluding hydrogens is 1260 g/mol. The number of ketones is 4. The Morgan fingerprint density at radius 3 is 1.48 bits per heavy atom. The number of carbonyl (C=O) groups is 6. The van der Waals surface area contributed by atoms with E-state index in [1.807, 2.05) is 20.8 Å². The van der Waals surface area contributed by atoms with Crippen LogP contribution in [-0.4, -0.2) is 94.8 Å². The average molecular weight is 1330 g/mol. The summed E-state index contributed by atoms with van der Waals surface area (Å²) >= 11 is 0. The first-order valence-corrected chi connectivity index (χ1v) is 20.8. The quantitative estimate of drug-likeness (QED) is 0.0741. The van der Waals surface area contributed by atoms with Crippen LogP contribution in [0.1, 0.15) is 138 Å². The third-order valence-corrected chi connectivity index (χ3v) is 11.1. The zero-order valence-corrected chi connectivity index (χ0v) is 55.3. The second-order valence-electron chi connectivity index (χ2n) is 15.6. The van der Waals surface area contributed by atoms with E-state index in [1.165, 1.54) is 0 Å². The zero-order valence-electron chi connectivity index (χ0n) is 38.2. The van der Waals surface area contributed by atoms with Gasteiger partial charge in [0.2, 0.25) is 0 Å². The molecular formula is C43H69O13Y6-3. The molecule has 19 heteroatoms. The van der Waals surface area contributed by atoms with Crippen LogP contribution in [0.3, 0.4) is 0 Å². The Morgan fingerprint density at radius 2 is 1.03 bits per heavy atom. The van der Waals surface area contributed by atoms with Gasteiger partial charge in [-0.25, -0.2) is 6.61 Å². The molecule has 0 amide bonds. The zero-order chi connectivity index (χ0) is 41.9. The summed E-state index contributed by atoms with van der Waals surface area (Å²) in [7, 11) is 0. The SMILES string of the molecule is [CH2-]C1[CH-]C(CC(=O)CC(CC)OC(=O)CC)C(CC(=O)CC(CC)OC(=O)CC)C(OCC2O[CH-]C(CC(=O)CC(O)CC)C(CC(=O)CC(O)CC)C2C)O1.[Y].[Y].[Y].[Y].[Y].[Y]. The molecule has 2 fully saturated rings. The van der Waals surface area contributed by atoms with Crippen molar-refractivity contribution in [2.45, 2.75) is 181 Å². The second-order valence-corrected chi connectivity index (χ2v) is 15.6. The molecule has 340 valence electrons. The molecule has 0 saturated carbocycles. The summed E-state index contributed by atoms with van der Waals surface area (Å²) < 4.78 is 29.7. The van der Waals surface area contributed by atoms with Crippen molar-refractivity contribution in [2.24, 2.45) is 29.6 Å². The minimum atomic E-state index is -0.979. The molecule has 2 saturated heterocycles. The van der Waals surface area contributed by atoms with Gasteiger partial charge in [-0.2, -0.15) is 12.0 Å². The van der Waals surface area contributed by atoms with Gasteiger partial charge in [0, 0.05) is 248 Å². The van der Waals surface area contributed by atoms with Crippen LogP contribution < -0.4 is 0 Å². The van der Waals surface area contributed by atoms with E-state index in [9.17, 15) is 39.0 Å². The fourth-order valence-electron chi connectivity index (χ4n) is 7.36. The Morgan fingerprint density at radius 1 is 0.613 bits per heavy atom. The minimum absolute atomic E-state index is 0. The van der Waals surface area contributed by atoms with Gasteiger partial charge in [-0.3, -0.25) is 28.8 Å². The topological polar surface area (TPSA) is 189 Å². The van der Waals surface area contributed by atoms with Gasteiger partial charge in [-0.15, -0.1) is 5.92 Å². The van der Waals surface area contributed by atoms with Gasteiger partial charge in [0.15, 0.2) is 6.29 Å². The molecule has 12 atom stereocenters. The summed E-state index contributed by atoms with van der Waals surface area (Å²) in [6, 6.07) is 0. The van der Waals surface area contributed by atoms with E-state index in [1.54, 1.807) is 40.7 Å². The molecule has 0 aromatic heterocycles. The van der Waals surface area contributed by atoms with Gasteiger partial charge < -0.3 is 47.2 Å². The number of Topliss-reactive ketones (excluding diaryl/α,β-unsaturated/α-hetero) is 4. The molecule has 2 rings (SSSR count). The first-order valence-electron chi connectivity index (χ1n) is 20.8. The van der Waals surface area contributed by atoms with E-state index in [4.69, 9.17) is 23.7 Å². The average Bonchev–Trinajstić information content (AvgIpc) is 3.15. The van der Waals surface area contributed by atoms with Crippen molar-refractivity contribution in [1.82, 2.24) is 0 Å². The van der Waals surface area contributed by atoms with Crippen LogP contribution in [0.5, 0.6) is 0 Å².